The number of carboxylic acids is 1. The van der Waals surface area contributed by atoms with Crippen molar-refractivity contribution in [3.8, 4) is 16.9 Å². The summed E-state index contributed by atoms with van der Waals surface area (Å²) in [6.45, 7) is 3.76. The van der Waals surface area contributed by atoms with Crippen LogP contribution in [0, 0.1) is 6.92 Å². The molecule has 0 saturated carbocycles. The maximum atomic E-state index is 12.6. The summed E-state index contributed by atoms with van der Waals surface area (Å²) < 4.78 is 41.9. The van der Waals surface area contributed by atoms with Crippen molar-refractivity contribution in [2.24, 2.45) is 0 Å². The molecule has 0 radical (unpaired) electrons. The van der Waals surface area contributed by atoms with Gasteiger partial charge in [-0.05, 0) is 73.4 Å². The van der Waals surface area contributed by atoms with E-state index in [4.69, 9.17) is 4.98 Å². The number of fused-ring (bicyclic) bond motifs is 3. The van der Waals surface area contributed by atoms with Crippen LogP contribution in [0.2, 0.25) is 0 Å². The molecule has 1 aromatic carbocycles. The number of thiophene rings is 1. The highest BCUT2D eigenvalue weighted by atomic mass is 32.1. The first kappa shape index (κ1) is 22.6. The lowest BCUT2D eigenvalue weighted by atomic mass is 9.83. The van der Waals surface area contributed by atoms with Gasteiger partial charge in [-0.1, -0.05) is 25.5 Å². The lowest BCUT2D eigenvalue weighted by molar-refractivity contribution is -0.274. The van der Waals surface area contributed by atoms with Gasteiger partial charge in [0.1, 0.15) is 10.6 Å². The molecule has 4 nitrogen and oxygen atoms in total. The van der Waals surface area contributed by atoms with Crippen LogP contribution in [0.3, 0.4) is 0 Å². The van der Waals surface area contributed by atoms with Gasteiger partial charge in [-0.15, -0.1) is 24.5 Å². The van der Waals surface area contributed by atoms with Crippen molar-refractivity contribution in [2.75, 3.05) is 0 Å². The quantitative estimate of drug-likeness (QED) is 0.427. The summed E-state index contributed by atoms with van der Waals surface area (Å²) in [7, 11) is 0. The van der Waals surface area contributed by atoms with Crippen LogP contribution in [0.5, 0.6) is 5.75 Å². The zero-order valence-electron chi connectivity index (χ0n) is 17.9. The zero-order chi connectivity index (χ0) is 23.0. The van der Waals surface area contributed by atoms with Crippen LogP contribution < -0.4 is 4.74 Å². The molecule has 0 bridgehead atoms. The molecule has 3 aromatic rings. The molecule has 2 aromatic heterocycles. The third-order valence-electron chi connectivity index (χ3n) is 5.93. The first-order valence-electron chi connectivity index (χ1n) is 10.7. The number of hydrogen-bond donors (Lipinski definition) is 1. The highest BCUT2D eigenvalue weighted by Crippen LogP contribution is 2.46. The van der Waals surface area contributed by atoms with Gasteiger partial charge in [0.25, 0.3) is 0 Å². The SMILES string of the molecule is CCCC(C(=O)O)c1c(C)nc2sc3c(c2c1-c1ccc(OC(F)(F)F)cc1)CCCC3. The smallest absolute Gasteiger partial charge is 0.481 e. The van der Waals surface area contributed by atoms with E-state index in [2.05, 4.69) is 4.74 Å². The third-order valence-corrected chi connectivity index (χ3v) is 7.12. The Morgan fingerprint density at radius 1 is 1.22 bits per heavy atom. The van der Waals surface area contributed by atoms with E-state index < -0.39 is 18.2 Å². The molecular weight excluding hydrogens is 439 g/mol. The van der Waals surface area contributed by atoms with E-state index in [0.717, 1.165) is 41.5 Å². The second kappa shape index (κ2) is 8.73. The van der Waals surface area contributed by atoms with Crippen molar-refractivity contribution in [1.82, 2.24) is 4.98 Å². The number of benzene rings is 1. The Morgan fingerprint density at radius 2 is 1.91 bits per heavy atom. The van der Waals surface area contributed by atoms with Crippen LogP contribution in [0.4, 0.5) is 13.2 Å². The van der Waals surface area contributed by atoms with Crippen molar-refractivity contribution in [2.45, 2.75) is 64.7 Å². The van der Waals surface area contributed by atoms with Crippen molar-refractivity contribution >= 4 is 27.5 Å². The van der Waals surface area contributed by atoms with E-state index in [1.165, 1.54) is 22.6 Å². The summed E-state index contributed by atoms with van der Waals surface area (Å²) in [5, 5.41) is 11.0. The van der Waals surface area contributed by atoms with Crippen LogP contribution in [-0.4, -0.2) is 22.4 Å². The average molecular weight is 464 g/mol. The Bertz CT molecular complexity index is 1150. The Morgan fingerprint density at radius 3 is 2.53 bits per heavy atom. The molecule has 1 N–H and O–H groups in total. The minimum atomic E-state index is -4.77. The van der Waals surface area contributed by atoms with Crippen LogP contribution in [0.1, 0.15) is 60.2 Å². The fourth-order valence-electron chi connectivity index (χ4n) is 4.65. The maximum absolute atomic E-state index is 12.6. The summed E-state index contributed by atoms with van der Waals surface area (Å²) in [6.07, 6.45) is 0.406. The minimum Gasteiger partial charge on any atom is -0.481 e. The number of aromatic nitrogens is 1. The third kappa shape index (κ3) is 4.33. The van der Waals surface area contributed by atoms with Crippen LogP contribution in [-0.2, 0) is 17.6 Å². The van der Waals surface area contributed by atoms with E-state index in [1.54, 1.807) is 23.5 Å². The number of carbonyl (C=O) groups is 1. The van der Waals surface area contributed by atoms with Gasteiger partial charge < -0.3 is 9.84 Å². The molecule has 1 aliphatic carbocycles. The number of ether oxygens (including phenoxy) is 1. The fourth-order valence-corrected chi connectivity index (χ4v) is 5.96. The van der Waals surface area contributed by atoms with Crippen molar-refractivity contribution in [3.63, 3.8) is 0 Å². The second-order valence-electron chi connectivity index (χ2n) is 8.13. The predicted molar refractivity (Wildman–Crippen MR) is 118 cm³/mol. The molecule has 1 aliphatic rings. The minimum absolute atomic E-state index is 0.305. The average Bonchev–Trinajstić information content (AvgIpc) is 3.08. The molecule has 1 atom stereocenters. The molecule has 32 heavy (non-hydrogen) atoms. The number of aryl methyl sites for hydroxylation is 3. The monoisotopic (exact) mass is 463 g/mol. The first-order valence-corrected chi connectivity index (χ1v) is 11.5. The van der Waals surface area contributed by atoms with E-state index >= 15 is 0 Å². The highest BCUT2D eigenvalue weighted by molar-refractivity contribution is 7.19. The molecule has 170 valence electrons. The number of halogens is 3. The molecule has 0 aliphatic heterocycles. The van der Waals surface area contributed by atoms with E-state index in [9.17, 15) is 23.1 Å². The zero-order valence-corrected chi connectivity index (χ0v) is 18.7. The summed E-state index contributed by atoms with van der Waals surface area (Å²) in [4.78, 5) is 19.2. The normalized spacial score (nSPS) is 14.9. The van der Waals surface area contributed by atoms with Crippen LogP contribution in [0.15, 0.2) is 24.3 Å². The molecule has 4 rings (SSSR count). The predicted octanol–water partition coefficient (Wildman–Crippen LogP) is 7.02. The second-order valence-corrected chi connectivity index (χ2v) is 9.21. The Labute approximate surface area is 188 Å². The molecular formula is C24H24F3NO3S. The number of pyridine rings is 1. The van der Waals surface area contributed by atoms with Gasteiger partial charge in [0, 0.05) is 16.0 Å². The molecule has 0 fully saturated rings. The topological polar surface area (TPSA) is 59.4 Å². The summed E-state index contributed by atoms with van der Waals surface area (Å²) in [6, 6.07) is 5.72. The van der Waals surface area contributed by atoms with Crippen molar-refractivity contribution < 1.29 is 27.8 Å². The van der Waals surface area contributed by atoms with Crippen molar-refractivity contribution in [1.29, 1.82) is 0 Å². The molecule has 2 heterocycles. The van der Waals surface area contributed by atoms with Crippen LogP contribution in [0.25, 0.3) is 21.3 Å². The summed E-state index contributed by atoms with van der Waals surface area (Å²) in [5.41, 5.74) is 3.98. The van der Waals surface area contributed by atoms with Gasteiger partial charge in [-0.25, -0.2) is 4.98 Å². The van der Waals surface area contributed by atoms with Gasteiger partial charge in [-0.2, -0.15) is 0 Å². The molecule has 0 saturated heterocycles. The van der Waals surface area contributed by atoms with Gasteiger partial charge in [0.15, 0.2) is 0 Å². The van der Waals surface area contributed by atoms with E-state index in [1.807, 2.05) is 13.8 Å². The molecule has 0 spiro atoms. The van der Waals surface area contributed by atoms with Gasteiger partial charge in [0.05, 0.1) is 5.92 Å². The Hall–Kier alpha value is -2.61. The van der Waals surface area contributed by atoms with Gasteiger partial charge in [-0.3, -0.25) is 4.79 Å². The van der Waals surface area contributed by atoms with Gasteiger partial charge in [0.2, 0.25) is 0 Å². The lowest BCUT2D eigenvalue weighted by Crippen LogP contribution is -2.17. The summed E-state index contributed by atoms with van der Waals surface area (Å²) in [5.74, 6) is -1.96. The standard InChI is InChI=1S/C24H24F3NO3S/c1-3-6-17(23(29)30)19-13(2)28-22-21(16-7-4-5-8-18(16)32-22)20(19)14-9-11-15(12-10-14)31-24(25,26)27/h9-12,17H,3-8H2,1-2H3,(H,29,30). The number of nitrogens with zero attached hydrogens (tertiary/aromatic N) is 1. The highest BCUT2D eigenvalue weighted by Gasteiger charge is 2.32. The number of alkyl halides is 3. The van der Waals surface area contributed by atoms with Gasteiger partial charge >= 0.3 is 12.3 Å². The number of rotatable bonds is 6. The van der Waals surface area contributed by atoms with E-state index in [-0.39, 0.29) is 5.75 Å². The summed E-state index contributed by atoms with van der Waals surface area (Å²) >= 11 is 1.64. The lowest BCUT2D eigenvalue weighted by Gasteiger charge is -2.21. The molecule has 8 heteroatoms. The Balaban J connectivity index is 1.98. The molecule has 0 amide bonds. The van der Waals surface area contributed by atoms with Crippen molar-refractivity contribution in [3.05, 3.63) is 46.0 Å². The number of aliphatic carboxylic acids is 1. The Kier molecular flexibility index (Phi) is 6.16. The fraction of sp³-hybridized carbons (Fsp3) is 0.417. The van der Waals surface area contributed by atoms with Crippen LogP contribution >= 0.6 is 11.3 Å². The number of carboxylic acid groups (broad SMARTS) is 1. The number of hydrogen-bond acceptors (Lipinski definition) is 4. The maximum Gasteiger partial charge on any atom is 0.573 e. The largest absolute Gasteiger partial charge is 0.573 e. The van der Waals surface area contributed by atoms with E-state index in [0.29, 0.717) is 29.7 Å². The molecule has 1 unspecified atom stereocenters. The first-order chi connectivity index (χ1) is 15.2.